The van der Waals surface area contributed by atoms with Crippen LogP contribution in [-0.2, 0) is 0 Å². The number of hydrogen-bond donors (Lipinski definition) is 2. The van der Waals surface area contributed by atoms with Crippen LogP contribution < -0.4 is 5.73 Å². The first-order chi connectivity index (χ1) is 10.1. The van der Waals surface area contributed by atoms with Crippen LogP contribution in [0.4, 0.5) is 0 Å². The number of carbonyl (C=O) groups is 1. The lowest BCUT2D eigenvalue weighted by atomic mass is 9.93. The molecule has 0 radical (unpaired) electrons. The van der Waals surface area contributed by atoms with Crippen molar-refractivity contribution in [3.8, 4) is 5.75 Å². The summed E-state index contributed by atoms with van der Waals surface area (Å²) in [4.78, 5) is 14.8. The molecule has 1 fully saturated rings. The Morgan fingerprint density at radius 1 is 1.33 bits per heavy atom. The van der Waals surface area contributed by atoms with Crippen LogP contribution in [0.2, 0.25) is 0 Å². The summed E-state index contributed by atoms with van der Waals surface area (Å²) in [6.45, 7) is 3.14. The molecule has 1 aromatic carbocycles. The quantitative estimate of drug-likeness (QED) is 0.876. The number of carbonyl (C=O) groups excluding carboxylic acids is 1. The molecule has 1 aliphatic carbocycles. The molecule has 116 valence electrons. The van der Waals surface area contributed by atoms with Gasteiger partial charge in [-0.05, 0) is 56.5 Å². The van der Waals surface area contributed by atoms with E-state index in [2.05, 4.69) is 0 Å². The fourth-order valence-electron chi connectivity index (χ4n) is 3.06. The van der Waals surface area contributed by atoms with Gasteiger partial charge in [0, 0.05) is 18.2 Å². The van der Waals surface area contributed by atoms with Gasteiger partial charge in [0.05, 0.1) is 0 Å². The fourth-order valence-corrected chi connectivity index (χ4v) is 3.06. The maximum absolute atomic E-state index is 12.8. The molecule has 1 aliphatic rings. The number of nitrogens with zero attached hydrogens (tertiary/aromatic N) is 1. The molecule has 4 nitrogen and oxygen atoms in total. The number of phenolic OH excluding ortho intramolecular Hbond substituents is 1. The van der Waals surface area contributed by atoms with Gasteiger partial charge in [-0.3, -0.25) is 4.79 Å². The lowest BCUT2D eigenvalue weighted by molar-refractivity contribution is 0.0632. The summed E-state index contributed by atoms with van der Waals surface area (Å²) in [6, 6.07) is 5.43. The molecular weight excluding hydrogens is 264 g/mol. The van der Waals surface area contributed by atoms with Crippen molar-refractivity contribution in [1.82, 2.24) is 4.90 Å². The van der Waals surface area contributed by atoms with E-state index in [1.807, 2.05) is 11.8 Å². The standard InChI is InChI=1S/C17H26N2O2/c1-13-12-14(8-9-16(13)20)17(21)19(11-5-10-18)15-6-3-2-4-7-15/h8-9,12,15,20H,2-7,10-11,18H2,1H3. The summed E-state index contributed by atoms with van der Waals surface area (Å²) in [6.07, 6.45) is 6.69. The van der Waals surface area contributed by atoms with E-state index in [1.165, 1.54) is 19.3 Å². The van der Waals surface area contributed by atoms with Gasteiger partial charge >= 0.3 is 0 Å². The Balaban J connectivity index is 2.17. The molecule has 2 rings (SSSR count). The number of aromatic hydroxyl groups is 1. The van der Waals surface area contributed by atoms with Gasteiger partial charge in [0.2, 0.25) is 0 Å². The second kappa shape index (κ2) is 7.46. The zero-order valence-electron chi connectivity index (χ0n) is 12.8. The minimum absolute atomic E-state index is 0.0680. The molecule has 0 aromatic heterocycles. The highest BCUT2D eigenvalue weighted by Crippen LogP contribution is 2.25. The van der Waals surface area contributed by atoms with E-state index >= 15 is 0 Å². The largest absolute Gasteiger partial charge is 0.508 e. The average molecular weight is 290 g/mol. The maximum Gasteiger partial charge on any atom is 0.254 e. The zero-order chi connectivity index (χ0) is 15.2. The van der Waals surface area contributed by atoms with Gasteiger partial charge < -0.3 is 15.7 Å². The molecule has 4 heteroatoms. The Labute approximate surface area is 126 Å². The third-order valence-corrected chi connectivity index (χ3v) is 4.32. The summed E-state index contributed by atoms with van der Waals surface area (Å²) in [5, 5.41) is 9.61. The van der Waals surface area contributed by atoms with E-state index in [0.29, 0.717) is 18.2 Å². The van der Waals surface area contributed by atoms with Gasteiger partial charge in [0.1, 0.15) is 5.75 Å². The molecule has 0 aliphatic heterocycles. The van der Waals surface area contributed by atoms with Crippen LogP contribution in [0.5, 0.6) is 5.75 Å². The summed E-state index contributed by atoms with van der Waals surface area (Å²) in [7, 11) is 0. The third kappa shape index (κ3) is 3.97. The number of phenols is 1. The highest BCUT2D eigenvalue weighted by atomic mass is 16.3. The number of aryl methyl sites for hydroxylation is 1. The van der Waals surface area contributed by atoms with E-state index in [-0.39, 0.29) is 11.7 Å². The van der Waals surface area contributed by atoms with E-state index < -0.39 is 0 Å². The van der Waals surface area contributed by atoms with Gasteiger partial charge in [-0.2, -0.15) is 0 Å². The molecule has 0 heterocycles. The van der Waals surface area contributed by atoms with Crippen LogP contribution in [0.1, 0.15) is 54.4 Å². The third-order valence-electron chi connectivity index (χ3n) is 4.32. The molecule has 0 atom stereocenters. The molecule has 1 amide bonds. The Bertz CT molecular complexity index is 482. The van der Waals surface area contributed by atoms with Crippen LogP contribution in [0.3, 0.4) is 0 Å². The van der Waals surface area contributed by atoms with Gasteiger partial charge in [-0.15, -0.1) is 0 Å². The summed E-state index contributed by atoms with van der Waals surface area (Å²) < 4.78 is 0. The monoisotopic (exact) mass is 290 g/mol. The lowest BCUT2D eigenvalue weighted by Gasteiger charge is -2.34. The second-order valence-electron chi connectivity index (χ2n) is 5.93. The number of hydrogen-bond acceptors (Lipinski definition) is 3. The van der Waals surface area contributed by atoms with Crippen LogP contribution in [0.25, 0.3) is 0 Å². The Morgan fingerprint density at radius 2 is 2.05 bits per heavy atom. The van der Waals surface area contributed by atoms with Crippen LogP contribution in [0, 0.1) is 6.92 Å². The van der Waals surface area contributed by atoms with Crippen LogP contribution in [0.15, 0.2) is 18.2 Å². The minimum Gasteiger partial charge on any atom is -0.508 e. The highest BCUT2D eigenvalue weighted by Gasteiger charge is 2.26. The Morgan fingerprint density at radius 3 is 2.67 bits per heavy atom. The Kier molecular flexibility index (Phi) is 5.62. The zero-order valence-corrected chi connectivity index (χ0v) is 12.8. The van der Waals surface area contributed by atoms with Crippen molar-refractivity contribution < 1.29 is 9.90 Å². The lowest BCUT2D eigenvalue weighted by Crippen LogP contribution is -2.42. The van der Waals surface area contributed by atoms with Crippen LogP contribution in [-0.4, -0.2) is 35.0 Å². The van der Waals surface area contributed by atoms with Gasteiger partial charge in [0.15, 0.2) is 0 Å². The molecule has 21 heavy (non-hydrogen) atoms. The number of nitrogens with two attached hydrogens (primary N) is 1. The van der Waals surface area contributed by atoms with E-state index in [9.17, 15) is 9.90 Å². The first kappa shape index (κ1) is 15.8. The van der Waals surface area contributed by atoms with E-state index in [1.54, 1.807) is 18.2 Å². The van der Waals surface area contributed by atoms with Gasteiger partial charge in [-0.25, -0.2) is 0 Å². The predicted octanol–water partition coefficient (Wildman–Crippen LogP) is 2.82. The van der Waals surface area contributed by atoms with E-state index in [4.69, 9.17) is 5.73 Å². The normalized spacial score (nSPS) is 15.9. The van der Waals surface area contributed by atoms with Crippen LogP contribution >= 0.6 is 0 Å². The summed E-state index contributed by atoms with van der Waals surface area (Å²) >= 11 is 0. The maximum atomic E-state index is 12.8. The van der Waals surface area contributed by atoms with Gasteiger partial charge in [-0.1, -0.05) is 19.3 Å². The van der Waals surface area contributed by atoms with Crippen molar-refractivity contribution in [3.63, 3.8) is 0 Å². The summed E-state index contributed by atoms with van der Waals surface area (Å²) in [5.41, 5.74) is 7.02. The first-order valence-corrected chi connectivity index (χ1v) is 7.94. The fraction of sp³-hybridized carbons (Fsp3) is 0.588. The number of benzene rings is 1. The minimum atomic E-state index is 0.0680. The Hall–Kier alpha value is -1.55. The molecule has 0 bridgehead atoms. The summed E-state index contributed by atoms with van der Waals surface area (Å²) in [5.74, 6) is 0.302. The molecule has 1 aromatic rings. The van der Waals surface area contributed by atoms with Crippen molar-refractivity contribution in [2.24, 2.45) is 5.73 Å². The van der Waals surface area contributed by atoms with Crippen molar-refractivity contribution in [2.45, 2.75) is 51.5 Å². The molecule has 0 unspecified atom stereocenters. The molecule has 0 spiro atoms. The molecular formula is C17H26N2O2. The van der Waals surface area contributed by atoms with E-state index in [0.717, 1.165) is 31.4 Å². The molecule has 0 saturated heterocycles. The molecule has 3 N–H and O–H groups in total. The number of rotatable bonds is 5. The SMILES string of the molecule is Cc1cc(C(=O)N(CCCN)C2CCCCC2)ccc1O. The topological polar surface area (TPSA) is 66.6 Å². The average Bonchev–Trinajstić information content (AvgIpc) is 2.51. The second-order valence-corrected chi connectivity index (χ2v) is 5.93. The molecule has 1 saturated carbocycles. The van der Waals surface area contributed by atoms with Crippen molar-refractivity contribution >= 4 is 5.91 Å². The highest BCUT2D eigenvalue weighted by molar-refractivity contribution is 5.94. The van der Waals surface area contributed by atoms with Crippen molar-refractivity contribution in [3.05, 3.63) is 29.3 Å². The van der Waals surface area contributed by atoms with Crippen molar-refractivity contribution in [2.75, 3.05) is 13.1 Å². The number of amides is 1. The smallest absolute Gasteiger partial charge is 0.254 e. The predicted molar refractivity (Wildman–Crippen MR) is 84.4 cm³/mol. The van der Waals surface area contributed by atoms with Gasteiger partial charge in [0.25, 0.3) is 5.91 Å². The first-order valence-electron chi connectivity index (χ1n) is 7.94. The van der Waals surface area contributed by atoms with Crippen molar-refractivity contribution in [1.29, 1.82) is 0 Å².